The van der Waals surface area contributed by atoms with Gasteiger partial charge in [-0.3, -0.25) is 18.7 Å². The van der Waals surface area contributed by atoms with E-state index in [1.807, 2.05) is 62.6 Å². The molecule has 0 saturated carbocycles. The largest absolute Gasteiger partial charge is 0.345 e. The van der Waals surface area contributed by atoms with Crippen LogP contribution in [-0.4, -0.2) is 29.0 Å². The molecule has 3 aromatic heterocycles. The summed E-state index contributed by atoms with van der Waals surface area (Å²) in [7, 11) is 0. The lowest BCUT2D eigenvalue weighted by Crippen LogP contribution is -2.42. The van der Waals surface area contributed by atoms with E-state index in [1.54, 1.807) is 23.0 Å². The third-order valence-electron chi connectivity index (χ3n) is 6.22. The Bertz CT molecular complexity index is 1520. The summed E-state index contributed by atoms with van der Waals surface area (Å²) in [6.45, 7) is 12.7. The van der Waals surface area contributed by atoms with Crippen LogP contribution in [0.4, 0.5) is 0 Å². The SMILES string of the molecule is C=CCn1c(C)cc(C(=O)Cn2c(=O)c3c(ncn3CC(C)C)n(Cc3ccccc3)c2=O)c1C. The number of carbonyl (C=O) groups excluding carboxylic acids is 1. The molecule has 0 spiro atoms. The van der Waals surface area contributed by atoms with Gasteiger partial charge in [0, 0.05) is 30.0 Å². The van der Waals surface area contributed by atoms with Crippen molar-refractivity contribution in [3.8, 4) is 0 Å². The number of ketones is 1. The van der Waals surface area contributed by atoms with Crippen molar-refractivity contribution in [1.29, 1.82) is 0 Å². The smallest absolute Gasteiger partial charge is 0.333 e. The first kappa shape index (κ1) is 24.2. The predicted octanol–water partition coefficient (Wildman–Crippen LogP) is 3.55. The predicted molar refractivity (Wildman–Crippen MR) is 137 cm³/mol. The molecule has 0 unspecified atom stereocenters. The number of fused-ring (bicyclic) bond motifs is 1. The number of aryl methyl sites for hydroxylation is 1. The quantitative estimate of drug-likeness (QED) is 0.275. The summed E-state index contributed by atoms with van der Waals surface area (Å²) in [5.74, 6) is -0.0141. The Morgan fingerprint density at radius 3 is 2.46 bits per heavy atom. The molecule has 1 aromatic carbocycles. The molecular formula is C27H31N5O3. The Kier molecular flexibility index (Phi) is 6.73. The normalized spacial score (nSPS) is 11.5. The molecule has 8 nitrogen and oxygen atoms in total. The van der Waals surface area contributed by atoms with E-state index in [9.17, 15) is 14.4 Å². The van der Waals surface area contributed by atoms with Crippen LogP contribution in [0.2, 0.25) is 0 Å². The maximum atomic E-state index is 13.6. The lowest BCUT2D eigenvalue weighted by atomic mass is 10.1. The van der Waals surface area contributed by atoms with Gasteiger partial charge in [0.2, 0.25) is 0 Å². The summed E-state index contributed by atoms with van der Waals surface area (Å²) >= 11 is 0. The summed E-state index contributed by atoms with van der Waals surface area (Å²) in [5, 5.41) is 0. The highest BCUT2D eigenvalue weighted by Gasteiger charge is 2.22. The summed E-state index contributed by atoms with van der Waals surface area (Å²) < 4.78 is 6.29. The van der Waals surface area contributed by atoms with Gasteiger partial charge in [0.05, 0.1) is 19.4 Å². The molecule has 0 bridgehead atoms. The summed E-state index contributed by atoms with van der Waals surface area (Å²) in [6, 6.07) is 11.3. The topological polar surface area (TPSA) is 83.8 Å². The van der Waals surface area contributed by atoms with Gasteiger partial charge in [0.15, 0.2) is 16.9 Å². The van der Waals surface area contributed by atoms with Crippen molar-refractivity contribution in [2.45, 2.75) is 53.9 Å². The maximum Gasteiger partial charge on any atom is 0.333 e. The lowest BCUT2D eigenvalue weighted by molar-refractivity contribution is 0.0968. The van der Waals surface area contributed by atoms with Gasteiger partial charge in [-0.15, -0.1) is 6.58 Å². The zero-order chi connectivity index (χ0) is 25.3. The molecule has 0 N–H and O–H groups in total. The fraction of sp³-hybridized carbons (Fsp3) is 0.333. The van der Waals surface area contributed by atoms with Crippen molar-refractivity contribution in [2.24, 2.45) is 5.92 Å². The highest BCUT2D eigenvalue weighted by molar-refractivity contribution is 5.97. The molecule has 0 atom stereocenters. The van der Waals surface area contributed by atoms with Crippen LogP contribution in [-0.2, 0) is 26.2 Å². The summed E-state index contributed by atoms with van der Waals surface area (Å²) in [4.78, 5) is 44.9. The third-order valence-corrected chi connectivity index (χ3v) is 6.22. The number of benzene rings is 1. The average Bonchev–Trinajstić information content (AvgIpc) is 3.36. The first-order chi connectivity index (χ1) is 16.7. The van der Waals surface area contributed by atoms with Gasteiger partial charge >= 0.3 is 5.69 Å². The maximum absolute atomic E-state index is 13.6. The van der Waals surface area contributed by atoms with Gasteiger partial charge in [0.1, 0.15) is 0 Å². The number of carbonyl (C=O) groups is 1. The van der Waals surface area contributed by atoms with Crippen LogP contribution in [0.3, 0.4) is 0 Å². The van der Waals surface area contributed by atoms with Gasteiger partial charge in [-0.1, -0.05) is 50.3 Å². The van der Waals surface area contributed by atoms with E-state index in [2.05, 4.69) is 11.6 Å². The molecule has 4 aromatic rings. The van der Waals surface area contributed by atoms with E-state index in [1.165, 1.54) is 4.57 Å². The molecule has 3 heterocycles. The van der Waals surface area contributed by atoms with Gasteiger partial charge < -0.3 is 9.13 Å². The van der Waals surface area contributed by atoms with Gasteiger partial charge in [0.25, 0.3) is 5.56 Å². The van der Waals surface area contributed by atoms with Crippen molar-refractivity contribution in [2.75, 3.05) is 0 Å². The fourth-order valence-electron chi connectivity index (χ4n) is 4.54. The highest BCUT2D eigenvalue weighted by atomic mass is 16.2. The van der Waals surface area contributed by atoms with E-state index in [4.69, 9.17) is 0 Å². The number of hydrogen-bond donors (Lipinski definition) is 0. The number of aromatic nitrogens is 5. The van der Waals surface area contributed by atoms with Crippen LogP contribution < -0.4 is 11.2 Å². The molecule has 8 heteroatoms. The van der Waals surface area contributed by atoms with Crippen molar-refractivity contribution < 1.29 is 4.79 Å². The highest BCUT2D eigenvalue weighted by Crippen LogP contribution is 2.17. The Morgan fingerprint density at radius 2 is 1.80 bits per heavy atom. The standard InChI is InChI=1S/C27H31N5O3/c1-6-12-30-19(4)13-22(20(30)5)23(33)16-32-26(34)24-25(28-17-29(24)14-18(2)3)31(27(32)35)15-21-10-8-7-9-11-21/h6-11,13,17-18H,1,12,14-16H2,2-5H3. The van der Waals surface area contributed by atoms with Gasteiger partial charge in [-0.25, -0.2) is 9.78 Å². The Balaban J connectivity index is 1.86. The van der Waals surface area contributed by atoms with Crippen LogP contribution in [0.5, 0.6) is 0 Å². The molecule has 0 amide bonds. The molecule has 4 rings (SSSR count). The van der Waals surface area contributed by atoms with Crippen LogP contribution in [0, 0.1) is 19.8 Å². The number of hydrogen-bond acceptors (Lipinski definition) is 4. The minimum Gasteiger partial charge on any atom is -0.345 e. The second-order valence-corrected chi connectivity index (χ2v) is 9.32. The van der Waals surface area contributed by atoms with Crippen LogP contribution in [0.1, 0.15) is 41.2 Å². The number of imidazole rings is 1. The average molecular weight is 474 g/mol. The van der Waals surface area contributed by atoms with Crippen LogP contribution in [0.15, 0.2) is 65.0 Å². The zero-order valence-corrected chi connectivity index (χ0v) is 20.7. The third kappa shape index (κ3) is 4.56. The van der Waals surface area contributed by atoms with E-state index in [0.717, 1.165) is 21.5 Å². The minimum atomic E-state index is -0.547. The Morgan fingerprint density at radius 1 is 1.09 bits per heavy atom. The van der Waals surface area contributed by atoms with Gasteiger partial charge in [-0.05, 0) is 31.4 Å². The van der Waals surface area contributed by atoms with E-state index < -0.39 is 11.2 Å². The molecular weight excluding hydrogens is 442 g/mol. The summed E-state index contributed by atoms with van der Waals surface area (Å²) in [6.07, 6.45) is 3.37. The number of rotatable bonds is 9. The molecule has 0 aliphatic rings. The lowest BCUT2D eigenvalue weighted by Gasteiger charge is -2.13. The first-order valence-corrected chi connectivity index (χ1v) is 11.8. The molecule has 0 radical (unpaired) electrons. The summed E-state index contributed by atoms with van der Waals surface area (Å²) in [5.41, 5.74) is 2.73. The number of nitrogens with zero attached hydrogens (tertiary/aromatic N) is 5. The number of Topliss-reactive ketones (excluding diaryl/α,β-unsaturated/α-hetero) is 1. The van der Waals surface area contributed by atoms with E-state index in [0.29, 0.717) is 29.8 Å². The van der Waals surface area contributed by atoms with Crippen molar-refractivity contribution in [3.63, 3.8) is 0 Å². The van der Waals surface area contributed by atoms with Crippen LogP contribution in [0.25, 0.3) is 11.2 Å². The van der Waals surface area contributed by atoms with E-state index >= 15 is 0 Å². The second kappa shape index (κ2) is 9.74. The second-order valence-electron chi connectivity index (χ2n) is 9.32. The van der Waals surface area contributed by atoms with Crippen LogP contribution >= 0.6 is 0 Å². The van der Waals surface area contributed by atoms with Crippen molar-refractivity contribution in [3.05, 3.63) is 98.7 Å². The molecule has 182 valence electrons. The Hall–Kier alpha value is -3.94. The van der Waals surface area contributed by atoms with Crippen molar-refractivity contribution in [1.82, 2.24) is 23.3 Å². The Labute approximate surface area is 203 Å². The molecule has 35 heavy (non-hydrogen) atoms. The first-order valence-electron chi connectivity index (χ1n) is 11.8. The zero-order valence-electron chi connectivity index (χ0n) is 20.7. The molecule has 0 aliphatic heterocycles. The molecule has 0 aliphatic carbocycles. The van der Waals surface area contributed by atoms with Crippen molar-refractivity contribution >= 4 is 16.9 Å². The molecule has 0 saturated heterocycles. The minimum absolute atomic E-state index is 0.247. The monoisotopic (exact) mass is 473 g/mol. The van der Waals surface area contributed by atoms with Gasteiger partial charge in [-0.2, -0.15) is 0 Å². The fourth-order valence-corrected chi connectivity index (χ4v) is 4.54. The van der Waals surface area contributed by atoms with E-state index in [-0.39, 0.29) is 24.8 Å². The molecule has 0 fully saturated rings. The number of allylic oxidation sites excluding steroid dienone is 1.